The van der Waals surface area contributed by atoms with E-state index in [1.165, 1.54) is 4.90 Å². The Hall–Kier alpha value is -3.68. The van der Waals surface area contributed by atoms with Gasteiger partial charge < -0.3 is 10.6 Å². The van der Waals surface area contributed by atoms with Gasteiger partial charge >= 0.3 is 6.03 Å². The van der Waals surface area contributed by atoms with E-state index < -0.39 is 0 Å². The Bertz CT molecular complexity index is 965. The van der Waals surface area contributed by atoms with Gasteiger partial charge in [0.2, 0.25) is 0 Å². The number of hydrazone groups is 1. The van der Waals surface area contributed by atoms with Gasteiger partial charge in [-0.3, -0.25) is 14.5 Å². The van der Waals surface area contributed by atoms with E-state index in [9.17, 15) is 14.4 Å². The van der Waals surface area contributed by atoms with Gasteiger partial charge in [-0.2, -0.15) is 5.10 Å². The Balaban J connectivity index is 1.29. The summed E-state index contributed by atoms with van der Waals surface area (Å²) in [4.78, 5) is 37.3. The number of nitrogens with one attached hydrogen (secondary N) is 3. The molecule has 3 N–H and O–H groups in total. The molecule has 2 aliphatic heterocycles. The monoisotopic (exact) mass is 391 g/mol. The summed E-state index contributed by atoms with van der Waals surface area (Å²) < 4.78 is 0. The number of nitrogens with zero attached hydrogens (tertiary/aromatic N) is 2. The number of amides is 4. The minimum absolute atomic E-state index is 0.165. The summed E-state index contributed by atoms with van der Waals surface area (Å²) in [5.74, 6) is -0.448. The lowest BCUT2D eigenvalue weighted by molar-refractivity contribution is 0.0654. The summed E-state index contributed by atoms with van der Waals surface area (Å²) in [6.07, 6.45) is 0.646. The van der Waals surface area contributed by atoms with Crippen LogP contribution in [0.4, 0.5) is 10.5 Å². The number of benzene rings is 2. The molecule has 0 aliphatic carbocycles. The van der Waals surface area contributed by atoms with Gasteiger partial charge in [0.1, 0.15) is 0 Å². The molecule has 2 aromatic rings. The Morgan fingerprint density at radius 3 is 2.28 bits per heavy atom. The molecule has 0 fully saturated rings. The minimum Gasteiger partial charge on any atom is -0.385 e. The number of hydrogen-bond acceptors (Lipinski definition) is 5. The van der Waals surface area contributed by atoms with Gasteiger partial charge in [0.15, 0.2) is 0 Å². The van der Waals surface area contributed by atoms with Crippen molar-refractivity contribution in [3.8, 4) is 0 Å². The first-order valence-corrected chi connectivity index (χ1v) is 9.48. The number of carbonyl (C=O) groups is 3. The Morgan fingerprint density at radius 1 is 1.00 bits per heavy atom. The highest BCUT2D eigenvalue weighted by molar-refractivity contribution is 6.21. The third-order valence-electron chi connectivity index (χ3n) is 4.98. The van der Waals surface area contributed by atoms with Crippen molar-refractivity contribution in [2.24, 2.45) is 5.10 Å². The molecule has 0 aromatic heterocycles. The topological polar surface area (TPSA) is 103 Å². The van der Waals surface area contributed by atoms with E-state index in [-0.39, 0.29) is 23.9 Å². The second-order valence-corrected chi connectivity index (χ2v) is 6.97. The molecule has 4 amide bonds. The minimum atomic E-state index is -0.308. The standard InChI is InChI=1S/C21H21N5O3/c1-13-18(24-25-21(29)23-13)14-7-9-15(10-8-14)22-11-4-12-26-19(27)16-5-2-3-6-17(16)20(26)28/h2-3,5-10,13,22H,4,11-12H2,1H3,(H2,23,25,29). The molecular formula is C21H21N5O3. The van der Waals surface area contributed by atoms with Crippen molar-refractivity contribution in [3.63, 3.8) is 0 Å². The maximum Gasteiger partial charge on any atom is 0.335 e. The summed E-state index contributed by atoms with van der Waals surface area (Å²) in [5, 5.41) is 10.2. The SMILES string of the molecule is CC1NC(=O)NN=C1c1ccc(NCCCN2C(=O)c3ccccc3C2=O)cc1. The third-order valence-corrected chi connectivity index (χ3v) is 4.98. The quantitative estimate of drug-likeness (QED) is 0.519. The molecule has 8 heteroatoms. The zero-order valence-corrected chi connectivity index (χ0v) is 15.9. The maximum atomic E-state index is 12.3. The second-order valence-electron chi connectivity index (χ2n) is 6.97. The molecule has 0 radical (unpaired) electrons. The lowest BCUT2D eigenvalue weighted by Gasteiger charge is -2.21. The molecular weight excluding hydrogens is 370 g/mol. The fourth-order valence-corrected chi connectivity index (χ4v) is 3.49. The van der Waals surface area contributed by atoms with E-state index in [1.807, 2.05) is 31.2 Å². The lowest BCUT2D eigenvalue weighted by Crippen LogP contribution is -2.48. The molecule has 1 unspecified atom stereocenters. The van der Waals surface area contributed by atoms with Gasteiger partial charge in [-0.25, -0.2) is 10.2 Å². The first-order chi connectivity index (χ1) is 14.0. The molecule has 0 spiro atoms. The molecule has 1 atom stereocenters. The summed E-state index contributed by atoms with van der Waals surface area (Å²) in [7, 11) is 0. The highest BCUT2D eigenvalue weighted by Crippen LogP contribution is 2.22. The zero-order chi connectivity index (χ0) is 20.4. The van der Waals surface area contributed by atoms with Crippen LogP contribution in [0.25, 0.3) is 0 Å². The Morgan fingerprint density at radius 2 is 1.66 bits per heavy atom. The van der Waals surface area contributed by atoms with E-state index in [1.54, 1.807) is 24.3 Å². The van der Waals surface area contributed by atoms with Gasteiger partial charge in [0, 0.05) is 24.3 Å². The van der Waals surface area contributed by atoms with Crippen LogP contribution < -0.4 is 16.1 Å². The van der Waals surface area contributed by atoms with E-state index in [4.69, 9.17) is 0 Å². The van der Waals surface area contributed by atoms with Crippen LogP contribution in [0.2, 0.25) is 0 Å². The number of urea groups is 1. The first-order valence-electron chi connectivity index (χ1n) is 9.48. The molecule has 0 saturated carbocycles. The fraction of sp³-hybridized carbons (Fsp3) is 0.238. The smallest absolute Gasteiger partial charge is 0.335 e. The van der Waals surface area contributed by atoms with Crippen LogP contribution in [-0.4, -0.2) is 47.6 Å². The van der Waals surface area contributed by atoms with Crippen LogP contribution in [0, 0.1) is 0 Å². The largest absolute Gasteiger partial charge is 0.385 e. The van der Waals surface area contributed by atoms with Crippen molar-refractivity contribution in [2.45, 2.75) is 19.4 Å². The maximum absolute atomic E-state index is 12.3. The van der Waals surface area contributed by atoms with Gasteiger partial charge in [-0.15, -0.1) is 0 Å². The number of hydrogen-bond donors (Lipinski definition) is 3. The van der Waals surface area contributed by atoms with Crippen LogP contribution in [0.3, 0.4) is 0 Å². The molecule has 148 valence electrons. The number of imide groups is 1. The van der Waals surface area contributed by atoms with Crippen molar-refractivity contribution in [1.29, 1.82) is 0 Å². The first kappa shape index (κ1) is 18.7. The molecule has 0 saturated heterocycles. The van der Waals surface area contributed by atoms with Gasteiger partial charge in [-0.05, 0) is 37.6 Å². The van der Waals surface area contributed by atoms with E-state index >= 15 is 0 Å². The molecule has 8 nitrogen and oxygen atoms in total. The average Bonchev–Trinajstić information content (AvgIpc) is 2.97. The Kier molecular flexibility index (Phi) is 4.99. The van der Waals surface area contributed by atoms with Gasteiger partial charge in [0.25, 0.3) is 11.8 Å². The van der Waals surface area contributed by atoms with Crippen molar-refractivity contribution in [1.82, 2.24) is 15.6 Å². The van der Waals surface area contributed by atoms with Crippen molar-refractivity contribution in [2.75, 3.05) is 18.4 Å². The number of fused-ring (bicyclic) bond motifs is 1. The van der Waals surface area contributed by atoms with E-state index in [0.29, 0.717) is 30.6 Å². The highest BCUT2D eigenvalue weighted by Gasteiger charge is 2.34. The predicted molar refractivity (Wildman–Crippen MR) is 109 cm³/mol. The van der Waals surface area contributed by atoms with Gasteiger partial charge in [0.05, 0.1) is 22.9 Å². The summed E-state index contributed by atoms with van der Waals surface area (Å²) >= 11 is 0. The lowest BCUT2D eigenvalue weighted by atomic mass is 10.0. The summed E-state index contributed by atoms with van der Waals surface area (Å²) in [5.41, 5.74) is 5.99. The van der Waals surface area contributed by atoms with Gasteiger partial charge in [-0.1, -0.05) is 24.3 Å². The number of anilines is 1. The third kappa shape index (κ3) is 3.69. The highest BCUT2D eigenvalue weighted by atomic mass is 16.2. The molecule has 2 aliphatic rings. The van der Waals surface area contributed by atoms with Crippen molar-refractivity contribution < 1.29 is 14.4 Å². The molecule has 4 rings (SSSR count). The molecule has 2 heterocycles. The van der Waals surface area contributed by atoms with Crippen LogP contribution in [0.15, 0.2) is 53.6 Å². The molecule has 0 bridgehead atoms. The normalized spacial score (nSPS) is 18.1. The Labute approximate surface area is 168 Å². The van der Waals surface area contributed by atoms with Crippen molar-refractivity contribution >= 4 is 29.2 Å². The average molecular weight is 391 g/mol. The fourth-order valence-electron chi connectivity index (χ4n) is 3.49. The van der Waals surface area contributed by atoms with Crippen LogP contribution >= 0.6 is 0 Å². The summed E-state index contributed by atoms with van der Waals surface area (Å²) in [6.45, 7) is 2.88. The predicted octanol–water partition coefficient (Wildman–Crippen LogP) is 2.19. The van der Waals surface area contributed by atoms with E-state index in [0.717, 1.165) is 17.0 Å². The molecule has 2 aromatic carbocycles. The van der Waals surface area contributed by atoms with Crippen molar-refractivity contribution in [3.05, 3.63) is 65.2 Å². The number of carbonyl (C=O) groups excluding carboxylic acids is 3. The molecule has 29 heavy (non-hydrogen) atoms. The zero-order valence-electron chi connectivity index (χ0n) is 15.9. The van der Waals surface area contributed by atoms with E-state index in [2.05, 4.69) is 21.2 Å². The van der Waals surface area contributed by atoms with Crippen LogP contribution in [0.1, 0.15) is 39.6 Å². The summed E-state index contributed by atoms with van der Waals surface area (Å²) in [6, 6.07) is 14.2. The van der Waals surface area contributed by atoms with Crippen LogP contribution in [-0.2, 0) is 0 Å². The number of rotatable bonds is 6. The van der Waals surface area contributed by atoms with Crippen LogP contribution in [0.5, 0.6) is 0 Å². The second kappa shape index (κ2) is 7.75.